The van der Waals surface area contributed by atoms with Crippen molar-refractivity contribution in [2.45, 2.75) is 0 Å². The Morgan fingerprint density at radius 1 is 0.839 bits per heavy atom. The lowest BCUT2D eigenvalue weighted by atomic mass is 10.1. The molecular formula is C22H17BrN4O4. The van der Waals surface area contributed by atoms with Crippen molar-refractivity contribution in [3.05, 3.63) is 88.4 Å². The van der Waals surface area contributed by atoms with Gasteiger partial charge in [-0.3, -0.25) is 14.4 Å². The van der Waals surface area contributed by atoms with Crippen LogP contribution < -0.4 is 16.1 Å². The van der Waals surface area contributed by atoms with E-state index in [1.165, 1.54) is 30.5 Å². The Labute approximate surface area is 186 Å². The van der Waals surface area contributed by atoms with Gasteiger partial charge in [-0.05, 0) is 66.2 Å². The van der Waals surface area contributed by atoms with E-state index in [1.54, 1.807) is 48.5 Å². The van der Waals surface area contributed by atoms with Crippen LogP contribution in [-0.4, -0.2) is 29.0 Å². The monoisotopic (exact) mass is 480 g/mol. The number of phenols is 1. The van der Waals surface area contributed by atoms with E-state index >= 15 is 0 Å². The van der Waals surface area contributed by atoms with Gasteiger partial charge in [0.15, 0.2) is 0 Å². The van der Waals surface area contributed by atoms with E-state index in [0.717, 1.165) is 4.47 Å². The molecule has 0 aliphatic heterocycles. The van der Waals surface area contributed by atoms with Gasteiger partial charge in [0.05, 0.1) is 17.5 Å². The summed E-state index contributed by atoms with van der Waals surface area (Å²) in [6, 6.07) is 19.5. The molecule has 0 radical (unpaired) electrons. The average molecular weight is 481 g/mol. The minimum atomic E-state index is -1.00. The molecule has 3 rings (SSSR count). The zero-order valence-electron chi connectivity index (χ0n) is 16.0. The molecule has 3 aromatic rings. The predicted octanol–water partition coefficient (Wildman–Crippen LogP) is 3.50. The minimum Gasteiger partial charge on any atom is -0.508 e. The van der Waals surface area contributed by atoms with Crippen LogP contribution in [0.25, 0.3) is 0 Å². The van der Waals surface area contributed by atoms with Gasteiger partial charge in [-0.1, -0.05) is 28.1 Å². The SMILES string of the molecule is O=C(N/N=C\c1ccc(O)cc1)C(=O)Nc1ccccc1C(=O)Nc1ccc(Br)cc1. The number of nitrogens with one attached hydrogen (secondary N) is 3. The highest BCUT2D eigenvalue weighted by Crippen LogP contribution is 2.19. The van der Waals surface area contributed by atoms with Crippen molar-refractivity contribution in [2.24, 2.45) is 5.10 Å². The van der Waals surface area contributed by atoms with Crippen LogP contribution in [0.1, 0.15) is 15.9 Å². The number of anilines is 2. The fourth-order valence-electron chi connectivity index (χ4n) is 2.48. The lowest BCUT2D eigenvalue weighted by Crippen LogP contribution is -2.33. The number of carbonyl (C=O) groups excluding carboxylic acids is 3. The Morgan fingerprint density at radius 3 is 2.23 bits per heavy atom. The zero-order valence-corrected chi connectivity index (χ0v) is 17.6. The molecule has 0 saturated carbocycles. The van der Waals surface area contributed by atoms with E-state index in [9.17, 15) is 19.5 Å². The van der Waals surface area contributed by atoms with Gasteiger partial charge in [0.1, 0.15) is 5.75 Å². The largest absolute Gasteiger partial charge is 0.508 e. The van der Waals surface area contributed by atoms with Gasteiger partial charge < -0.3 is 15.7 Å². The summed E-state index contributed by atoms with van der Waals surface area (Å²) in [6.07, 6.45) is 1.32. The number of hydrogen-bond donors (Lipinski definition) is 4. The number of hydrazone groups is 1. The van der Waals surface area contributed by atoms with Gasteiger partial charge in [-0.25, -0.2) is 5.43 Å². The number of carbonyl (C=O) groups is 3. The van der Waals surface area contributed by atoms with Gasteiger partial charge in [-0.2, -0.15) is 5.10 Å². The van der Waals surface area contributed by atoms with Crippen LogP contribution >= 0.6 is 15.9 Å². The minimum absolute atomic E-state index is 0.100. The van der Waals surface area contributed by atoms with E-state index < -0.39 is 17.7 Å². The van der Waals surface area contributed by atoms with Crippen LogP contribution in [-0.2, 0) is 9.59 Å². The summed E-state index contributed by atoms with van der Waals surface area (Å²) in [5.41, 5.74) is 3.68. The highest BCUT2D eigenvalue weighted by molar-refractivity contribution is 9.10. The van der Waals surface area contributed by atoms with Crippen LogP contribution in [0.15, 0.2) is 82.4 Å². The molecule has 0 unspecified atom stereocenters. The molecule has 0 saturated heterocycles. The van der Waals surface area contributed by atoms with Gasteiger partial charge in [0, 0.05) is 10.2 Å². The summed E-state index contributed by atoms with van der Waals surface area (Å²) in [5.74, 6) is -2.32. The molecule has 0 aromatic heterocycles. The highest BCUT2D eigenvalue weighted by atomic mass is 79.9. The molecule has 3 amide bonds. The fraction of sp³-hybridized carbons (Fsp3) is 0. The van der Waals surface area contributed by atoms with Crippen LogP contribution in [0.5, 0.6) is 5.75 Å². The highest BCUT2D eigenvalue weighted by Gasteiger charge is 2.17. The standard InChI is InChI=1S/C22H17BrN4O4/c23-15-7-9-16(10-8-15)25-20(29)18-3-1-2-4-19(18)26-21(30)22(31)27-24-13-14-5-11-17(28)12-6-14/h1-13,28H,(H,25,29)(H,26,30)(H,27,31)/b24-13-. The van der Waals surface area contributed by atoms with E-state index in [4.69, 9.17) is 0 Å². The second-order valence-corrected chi connectivity index (χ2v) is 7.17. The van der Waals surface area contributed by atoms with Crippen LogP contribution in [0.3, 0.4) is 0 Å². The van der Waals surface area contributed by atoms with Crippen molar-refractivity contribution >= 4 is 51.2 Å². The molecule has 8 nitrogen and oxygen atoms in total. The number of halogens is 1. The normalized spacial score (nSPS) is 10.5. The molecule has 0 spiro atoms. The van der Waals surface area contributed by atoms with E-state index in [2.05, 4.69) is 37.1 Å². The number of benzene rings is 3. The maximum atomic E-state index is 12.6. The Balaban J connectivity index is 1.63. The predicted molar refractivity (Wildman–Crippen MR) is 121 cm³/mol. The molecule has 0 bridgehead atoms. The number of rotatable bonds is 5. The molecule has 0 atom stereocenters. The molecular weight excluding hydrogens is 464 g/mol. The maximum Gasteiger partial charge on any atom is 0.329 e. The molecule has 4 N–H and O–H groups in total. The quantitative estimate of drug-likeness (QED) is 0.253. The van der Waals surface area contributed by atoms with Crippen LogP contribution in [0.4, 0.5) is 11.4 Å². The number of nitrogens with zero attached hydrogens (tertiary/aromatic N) is 1. The molecule has 156 valence electrons. The first kappa shape index (κ1) is 21.7. The van der Waals surface area contributed by atoms with Crippen molar-refractivity contribution in [2.75, 3.05) is 10.6 Å². The Bertz CT molecular complexity index is 1130. The molecule has 0 fully saturated rings. The zero-order chi connectivity index (χ0) is 22.2. The number of para-hydroxylation sites is 1. The smallest absolute Gasteiger partial charge is 0.329 e. The third-order valence-corrected chi connectivity index (χ3v) is 4.53. The van der Waals surface area contributed by atoms with Crippen molar-refractivity contribution in [3.63, 3.8) is 0 Å². The second-order valence-electron chi connectivity index (χ2n) is 6.25. The fourth-order valence-corrected chi connectivity index (χ4v) is 2.74. The summed E-state index contributed by atoms with van der Waals surface area (Å²) in [7, 11) is 0. The molecule has 9 heteroatoms. The number of phenolic OH excluding ortho intramolecular Hbond substituents is 1. The second kappa shape index (κ2) is 10.2. The third-order valence-electron chi connectivity index (χ3n) is 4.00. The van der Waals surface area contributed by atoms with Crippen molar-refractivity contribution < 1.29 is 19.5 Å². The summed E-state index contributed by atoms with van der Waals surface area (Å²) in [5, 5.41) is 18.1. The Morgan fingerprint density at radius 2 is 1.52 bits per heavy atom. The van der Waals surface area contributed by atoms with E-state index in [1.807, 2.05) is 0 Å². The third kappa shape index (κ3) is 6.25. The maximum absolute atomic E-state index is 12.6. The van der Waals surface area contributed by atoms with Crippen molar-refractivity contribution in [3.8, 4) is 5.75 Å². The number of aromatic hydroxyl groups is 1. The Hall–Kier alpha value is -3.98. The first-order valence-corrected chi connectivity index (χ1v) is 9.81. The molecule has 0 aliphatic carbocycles. The summed E-state index contributed by atoms with van der Waals surface area (Å²) in [4.78, 5) is 36.8. The lowest BCUT2D eigenvalue weighted by molar-refractivity contribution is -0.136. The van der Waals surface area contributed by atoms with Gasteiger partial charge in [0.25, 0.3) is 5.91 Å². The first-order valence-electron chi connectivity index (χ1n) is 9.02. The Kier molecular flexibility index (Phi) is 7.13. The number of hydrogen-bond acceptors (Lipinski definition) is 5. The summed E-state index contributed by atoms with van der Waals surface area (Å²) >= 11 is 3.32. The molecule has 0 aliphatic rings. The molecule has 31 heavy (non-hydrogen) atoms. The molecule has 0 heterocycles. The van der Waals surface area contributed by atoms with E-state index in [-0.39, 0.29) is 17.0 Å². The average Bonchev–Trinajstić information content (AvgIpc) is 2.77. The van der Waals surface area contributed by atoms with Crippen LogP contribution in [0, 0.1) is 0 Å². The number of amides is 3. The topological polar surface area (TPSA) is 120 Å². The van der Waals surface area contributed by atoms with Crippen molar-refractivity contribution in [1.82, 2.24) is 5.43 Å². The van der Waals surface area contributed by atoms with Gasteiger partial charge in [-0.15, -0.1) is 0 Å². The van der Waals surface area contributed by atoms with Gasteiger partial charge >= 0.3 is 11.8 Å². The lowest BCUT2D eigenvalue weighted by Gasteiger charge is -2.11. The molecule has 3 aromatic carbocycles. The van der Waals surface area contributed by atoms with E-state index in [0.29, 0.717) is 11.3 Å². The van der Waals surface area contributed by atoms with Gasteiger partial charge in [0.2, 0.25) is 0 Å². The first-order chi connectivity index (χ1) is 14.9. The van der Waals surface area contributed by atoms with Crippen molar-refractivity contribution in [1.29, 1.82) is 0 Å². The summed E-state index contributed by atoms with van der Waals surface area (Å²) < 4.78 is 0.872. The van der Waals surface area contributed by atoms with Crippen LogP contribution in [0.2, 0.25) is 0 Å². The summed E-state index contributed by atoms with van der Waals surface area (Å²) in [6.45, 7) is 0.